The molecular weight excluding hydrogens is 644 g/mol. The van der Waals surface area contributed by atoms with Crippen molar-refractivity contribution in [2.75, 3.05) is 52.3 Å². The SMILES string of the molecule is CC1CN(CCOCC(=O)O)[C@@H](C)CN1CCOc1ccc(Oc2c(-c3ccc(S(C)(=O)=O)cc3)ccc3cc(O)ccc23)cc1.Cl. The average Bonchev–Trinajstić information content (AvgIpc) is 3.01. The molecule has 1 aliphatic heterocycles. The Morgan fingerprint density at radius 3 is 2.09 bits per heavy atom. The van der Waals surface area contributed by atoms with E-state index in [1.165, 1.54) is 6.26 Å². The molecule has 1 unspecified atom stereocenters. The molecule has 0 aliphatic carbocycles. The zero-order valence-electron chi connectivity index (χ0n) is 26.7. The second-order valence-corrected chi connectivity index (χ2v) is 13.7. The molecule has 0 bridgehead atoms. The minimum absolute atomic E-state index is 0. The number of aromatic hydroxyl groups is 1. The van der Waals surface area contributed by atoms with Crippen molar-refractivity contribution in [1.82, 2.24) is 9.80 Å². The fourth-order valence-electron chi connectivity index (χ4n) is 5.74. The summed E-state index contributed by atoms with van der Waals surface area (Å²) in [6.07, 6.45) is 1.18. The molecule has 0 saturated carbocycles. The summed E-state index contributed by atoms with van der Waals surface area (Å²) in [5.74, 6) is 1.12. The van der Waals surface area contributed by atoms with Gasteiger partial charge < -0.3 is 24.4 Å². The molecule has 0 amide bonds. The summed E-state index contributed by atoms with van der Waals surface area (Å²) in [7, 11) is -3.33. The van der Waals surface area contributed by atoms with E-state index in [4.69, 9.17) is 19.3 Å². The zero-order valence-corrected chi connectivity index (χ0v) is 28.3. The van der Waals surface area contributed by atoms with Crippen molar-refractivity contribution in [3.05, 3.63) is 78.9 Å². The average molecular weight is 685 g/mol. The van der Waals surface area contributed by atoms with Gasteiger partial charge >= 0.3 is 5.97 Å². The largest absolute Gasteiger partial charge is 0.508 e. The predicted octanol–water partition coefficient (Wildman–Crippen LogP) is 5.70. The molecule has 5 rings (SSSR count). The van der Waals surface area contributed by atoms with Crippen LogP contribution < -0.4 is 9.47 Å². The standard InChI is InChI=1S/C35H40N2O8S.ClH/c1-24-22-37(25(2)21-36(24)16-18-43-23-34(39)40)17-19-44-29-8-10-30(11-9-29)45-35-32(14-6-27-20-28(38)7-15-33(27)35)26-4-12-31(13-5-26)46(3,41)42;/h4-15,20,24-25,38H,16-19,21-23H2,1-3H3,(H,39,40);1H/t24-,25?;/m0./s1. The van der Waals surface area contributed by atoms with Crippen LogP contribution in [0.1, 0.15) is 13.8 Å². The molecule has 0 radical (unpaired) electrons. The van der Waals surface area contributed by atoms with E-state index in [1.807, 2.05) is 36.4 Å². The minimum atomic E-state index is -3.33. The first-order valence-electron chi connectivity index (χ1n) is 15.2. The van der Waals surface area contributed by atoms with E-state index in [0.29, 0.717) is 43.3 Å². The monoisotopic (exact) mass is 684 g/mol. The summed E-state index contributed by atoms with van der Waals surface area (Å²) < 4.78 is 41.7. The lowest BCUT2D eigenvalue weighted by Gasteiger charge is -2.44. The van der Waals surface area contributed by atoms with Gasteiger partial charge in [-0.2, -0.15) is 0 Å². The lowest BCUT2D eigenvalue weighted by atomic mass is 9.99. The molecule has 12 heteroatoms. The maximum absolute atomic E-state index is 12.0. The van der Waals surface area contributed by atoms with E-state index in [2.05, 4.69) is 23.6 Å². The van der Waals surface area contributed by atoms with Gasteiger partial charge in [0.05, 0.1) is 11.5 Å². The summed E-state index contributed by atoms with van der Waals surface area (Å²) >= 11 is 0. The Morgan fingerprint density at radius 1 is 0.851 bits per heavy atom. The van der Waals surface area contributed by atoms with Crippen LogP contribution in [0, 0.1) is 0 Å². The van der Waals surface area contributed by atoms with E-state index in [1.54, 1.807) is 42.5 Å². The van der Waals surface area contributed by atoms with E-state index in [-0.39, 0.29) is 29.7 Å². The van der Waals surface area contributed by atoms with Gasteiger partial charge in [-0.05, 0) is 85.5 Å². The zero-order chi connectivity index (χ0) is 32.8. The number of nitrogens with zero attached hydrogens (tertiary/aromatic N) is 2. The summed E-state index contributed by atoms with van der Waals surface area (Å²) in [5.41, 5.74) is 1.59. The van der Waals surface area contributed by atoms with Gasteiger partial charge in [0.2, 0.25) is 0 Å². The number of phenols is 1. The van der Waals surface area contributed by atoms with Crippen LogP contribution in [0.2, 0.25) is 0 Å². The van der Waals surface area contributed by atoms with Gasteiger partial charge in [0.1, 0.15) is 36.2 Å². The van der Waals surface area contributed by atoms with Gasteiger partial charge in [0.15, 0.2) is 9.84 Å². The number of carboxylic acid groups (broad SMARTS) is 1. The molecule has 1 saturated heterocycles. The second kappa shape index (κ2) is 15.8. The van der Waals surface area contributed by atoms with Crippen molar-refractivity contribution < 1.29 is 37.6 Å². The number of aliphatic carboxylic acids is 1. The third-order valence-corrected chi connectivity index (χ3v) is 9.36. The smallest absolute Gasteiger partial charge is 0.329 e. The van der Waals surface area contributed by atoms with E-state index in [0.717, 1.165) is 47.3 Å². The third-order valence-electron chi connectivity index (χ3n) is 8.23. The highest BCUT2D eigenvalue weighted by atomic mass is 35.5. The molecule has 0 spiro atoms. The first-order valence-corrected chi connectivity index (χ1v) is 17.1. The summed E-state index contributed by atoms with van der Waals surface area (Å²) in [4.78, 5) is 15.6. The number of hydrogen-bond acceptors (Lipinski definition) is 9. The van der Waals surface area contributed by atoms with Crippen LogP contribution in [0.15, 0.2) is 83.8 Å². The van der Waals surface area contributed by atoms with Crippen molar-refractivity contribution in [3.63, 3.8) is 0 Å². The number of rotatable bonds is 13. The normalized spacial score (nSPS) is 17.3. The van der Waals surface area contributed by atoms with Crippen LogP contribution in [0.25, 0.3) is 21.9 Å². The lowest BCUT2D eigenvalue weighted by molar-refractivity contribution is -0.142. The van der Waals surface area contributed by atoms with E-state index in [9.17, 15) is 18.3 Å². The van der Waals surface area contributed by atoms with E-state index < -0.39 is 15.8 Å². The quantitative estimate of drug-likeness (QED) is 0.169. The van der Waals surface area contributed by atoms with Crippen LogP contribution >= 0.6 is 12.4 Å². The molecule has 10 nitrogen and oxygen atoms in total. The minimum Gasteiger partial charge on any atom is -0.508 e. The summed E-state index contributed by atoms with van der Waals surface area (Å²) in [6.45, 7) is 8.26. The van der Waals surface area contributed by atoms with Gasteiger partial charge in [0, 0.05) is 55.5 Å². The number of phenolic OH excluding ortho intramolecular Hbond substituents is 1. The number of fused-ring (bicyclic) bond motifs is 1. The molecule has 2 N–H and O–H groups in total. The fraction of sp³-hybridized carbons (Fsp3) is 0.343. The Kier molecular flexibility index (Phi) is 12.1. The Bertz CT molecular complexity index is 1770. The van der Waals surface area contributed by atoms with Gasteiger partial charge in [0.25, 0.3) is 0 Å². The second-order valence-electron chi connectivity index (χ2n) is 11.7. The van der Waals surface area contributed by atoms with Crippen molar-refractivity contribution in [1.29, 1.82) is 0 Å². The number of hydrogen-bond donors (Lipinski definition) is 2. The lowest BCUT2D eigenvalue weighted by Crippen LogP contribution is -2.57. The number of piperazine rings is 1. The number of carboxylic acids is 1. The third kappa shape index (κ3) is 9.36. The molecule has 1 aliphatic rings. The Labute approximate surface area is 281 Å². The van der Waals surface area contributed by atoms with Crippen LogP contribution in [0.4, 0.5) is 0 Å². The Morgan fingerprint density at radius 2 is 1.47 bits per heavy atom. The molecule has 1 heterocycles. The molecule has 4 aromatic carbocycles. The van der Waals surface area contributed by atoms with Gasteiger partial charge in [-0.3, -0.25) is 9.80 Å². The Hall–Kier alpha value is -3.87. The first-order chi connectivity index (χ1) is 22.0. The molecular formula is C35H41ClN2O8S. The maximum atomic E-state index is 12.0. The highest BCUT2D eigenvalue weighted by Crippen LogP contribution is 2.41. The van der Waals surface area contributed by atoms with Crippen molar-refractivity contribution >= 4 is 39.0 Å². The number of benzene rings is 4. The molecule has 47 heavy (non-hydrogen) atoms. The number of carbonyl (C=O) groups is 1. The molecule has 0 aromatic heterocycles. The maximum Gasteiger partial charge on any atom is 0.329 e. The number of ether oxygens (including phenoxy) is 3. The van der Waals surface area contributed by atoms with Crippen LogP contribution in [0.5, 0.6) is 23.0 Å². The highest BCUT2D eigenvalue weighted by molar-refractivity contribution is 7.90. The van der Waals surface area contributed by atoms with Crippen molar-refractivity contribution in [2.45, 2.75) is 30.8 Å². The predicted molar refractivity (Wildman–Crippen MR) is 184 cm³/mol. The first kappa shape index (κ1) is 36.0. The topological polar surface area (TPSA) is 126 Å². The highest BCUT2D eigenvalue weighted by Gasteiger charge is 2.28. The Balaban J connectivity index is 0.00000500. The van der Waals surface area contributed by atoms with Crippen LogP contribution in [0.3, 0.4) is 0 Å². The number of halogens is 1. The van der Waals surface area contributed by atoms with Gasteiger partial charge in [-0.25, -0.2) is 13.2 Å². The molecule has 1 fully saturated rings. The molecule has 2 atom stereocenters. The van der Waals surface area contributed by atoms with Gasteiger partial charge in [-0.1, -0.05) is 18.2 Å². The van der Waals surface area contributed by atoms with E-state index >= 15 is 0 Å². The molecule has 252 valence electrons. The van der Waals surface area contributed by atoms with Crippen molar-refractivity contribution in [3.8, 4) is 34.1 Å². The fourth-order valence-corrected chi connectivity index (χ4v) is 6.37. The molecule has 4 aromatic rings. The van der Waals surface area contributed by atoms with Crippen LogP contribution in [-0.2, 0) is 19.4 Å². The van der Waals surface area contributed by atoms with Crippen LogP contribution in [-0.4, -0.2) is 98.7 Å². The summed E-state index contributed by atoms with van der Waals surface area (Å²) in [6, 6.07) is 23.7. The van der Waals surface area contributed by atoms with Gasteiger partial charge in [-0.15, -0.1) is 12.4 Å². The number of sulfone groups is 1. The summed E-state index contributed by atoms with van der Waals surface area (Å²) in [5, 5.41) is 20.4. The van der Waals surface area contributed by atoms with Crippen molar-refractivity contribution in [2.24, 2.45) is 0 Å².